The zero-order valence-corrected chi connectivity index (χ0v) is 29.0. The van der Waals surface area contributed by atoms with Crippen LogP contribution < -0.4 is 10.5 Å². The molecule has 252 valence electrons. The van der Waals surface area contributed by atoms with Crippen molar-refractivity contribution in [2.45, 2.75) is 119 Å². The highest BCUT2D eigenvalue weighted by atomic mass is 16.8. The van der Waals surface area contributed by atoms with Gasteiger partial charge in [-0.2, -0.15) is 5.23 Å². The number of esters is 1. The molecular weight excluding hydrogens is 580 g/mol. The molecule has 46 heavy (non-hydrogen) atoms. The molecule has 4 saturated carbocycles. The van der Waals surface area contributed by atoms with Gasteiger partial charge in [0.15, 0.2) is 11.5 Å². The fourth-order valence-electron chi connectivity index (χ4n) is 11.8. The number of carbonyl (C=O) groups is 3. The molecule has 1 amide bonds. The standard InChI is InChI=1S/C38H54N2O6/c1-23(41)46-30-13-14-36(6)29(33(30,2)3)12-15-38(8)31(36)28(42)21-26-27-22-35(5,17-16-34(27,4)18-19-37(26,38)7)32(43)39-24-10-9-11-25(20-24)40(44)45/h9-11,20-21,27,29-31,40,44H,12-19,22H2,1-8H3,(H,39,43)/t27-,29+,30+,31+,34-,35+,36+,37-,38+/m0/s1. The maximum Gasteiger partial charge on any atom is 0.302 e. The Morgan fingerprint density at radius 2 is 1.67 bits per heavy atom. The van der Waals surface area contributed by atoms with Crippen molar-refractivity contribution in [2.24, 2.45) is 50.2 Å². The molecule has 0 radical (unpaired) electrons. The number of rotatable bonds is 4. The van der Waals surface area contributed by atoms with Gasteiger partial charge in [0.2, 0.25) is 5.91 Å². The average Bonchev–Trinajstić information content (AvgIpc) is 2.96. The predicted molar refractivity (Wildman–Crippen MR) is 176 cm³/mol. The van der Waals surface area contributed by atoms with Crippen molar-refractivity contribution in [3.05, 3.63) is 41.1 Å². The molecule has 1 aromatic carbocycles. The Hall–Kier alpha value is -2.55. The summed E-state index contributed by atoms with van der Waals surface area (Å²) < 4.78 is 5.86. The lowest BCUT2D eigenvalue weighted by Crippen LogP contribution is -2.99. The maximum absolute atomic E-state index is 14.7. The molecule has 0 saturated heterocycles. The Morgan fingerprint density at radius 3 is 2.35 bits per heavy atom. The summed E-state index contributed by atoms with van der Waals surface area (Å²) in [7, 11) is 0. The minimum Gasteiger partial charge on any atom is -0.595 e. The minimum absolute atomic E-state index is 0.0169. The van der Waals surface area contributed by atoms with Gasteiger partial charge in [0.25, 0.3) is 0 Å². The van der Waals surface area contributed by atoms with E-state index in [9.17, 15) is 24.8 Å². The smallest absolute Gasteiger partial charge is 0.302 e. The Morgan fingerprint density at radius 1 is 0.978 bits per heavy atom. The van der Waals surface area contributed by atoms with E-state index in [4.69, 9.17) is 4.74 Å². The lowest BCUT2D eigenvalue weighted by Gasteiger charge is -2.70. The van der Waals surface area contributed by atoms with E-state index in [1.807, 2.05) is 13.0 Å². The van der Waals surface area contributed by atoms with Gasteiger partial charge in [-0.1, -0.05) is 60.1 Å². The van der Waals surface area contributed by atoms with E-state index in [1.165, 1.54) is 24.6 Å². The minimum atomic E-state index is -1.03. The SMILES string of the molecule is CC(=O)O[C@@H]1CC[C@]2(C)[C@H](CC[C@]3(C)[C@@H]2C(=O)C=C2[C@@H]4C[C@](C)(C(=O)Nc5cccc([NH+]([O-])O)c5)CC[C@@]4(C)CC[C@@]23C)C1(C)C. The molecule has 5 aliphatic rings. The monoisotopic (exact) mass is 634 g/mol. The molecule has 1 unspecified atom stereocenters. The van der Waals surface area contributed by atoms with Gasteiger partial charge in [-0.25, -0.2) is 5.21 Å². The van der Waals surface area contributed by atoms with Gasteiger partial charge in [-0.3, -0.25) is 14.4 Å². The first-order valence-electron chi connectivity index (χ1n) is 17.4. The van der Waals surface area contributed by atoms with Gasteiger partial charge < -0.3 is 15.3 Å². The lowest BCUT2D eigenvalue weighted by molar-refractivity contribution is -0.991. The highest BCUT2D eigenvalue weighted by Gasteiger charge is 2.70. The van der Waals surface area contributed by atoms with Gasteiger partial charge in [-0.15, -0.1) is 0 Å². The van der Waals surface area contributed by atoms with Gasteiger partial charge in [0.05, 0.1) is 0 Å². The van der Waals surface area contributed by atoms with Crippen LogP contribution in [0.2, 0.25) is 0 Å². The van der Waals surface area contributed by atoms with E-state index in [2.05, 4.69) is 46.9 Å². The summed E-state index contributed by atoms with van der Waals surface area (Å²) in [4.78, 5) is 40.6. The zero-order valence-electron chi connectivity index (χ0n) is 29.0. The van der Waals surface area contributed by atoms with Crippen LogP contribution in [-0.2, 0) is 19.1 Å². The van der Waals surface area contributed by atoms with E-state index < -0.39 is 10.6 Å². The first-order chi connectivity index (χ1) is 21.3. The third kappa shape index (κ3) is 4.75. The molecule has 10 atom stereocenters. The number of hydrogen-bond donors (Lipinski definition) is 3. The molecule has 0 aliphatic heterocycles. The fourth-order valence-corrected chi connectivity index (χ4v) is 11.8. The molecule has 5 aliphatic carbocycles. The Labute approximate surface area is 274 Å². The number of benzene rings is 1. The van der Waals surface area contributed by atoms with Crippen molar-refractivity contribution < 1.29 is 29.6 Å². The number of allylic oxidation sites excluding steroid dienone is 2. The molecule has 4 fully saturated rings. The van der Waals surface area contributed by atoms with Crippen molar-refractivity contribution in [1.29, 1.82) is 0 Å². The molecule has 3 N–H and O–H groups in total. The topological polar surface area (TPSA) is 120 Å². The summed E-state index contributed by atoms with van der Waals surface area (Å²) >= 11 is 0. The van der Waals surface area contributed by atoms with Gasteiger partial charge in [-0.05, 0) is 103 Å². The molecular formula is C38H54N2O6. The fraction of sp³-hybridized carbons (Fsp3) is 0.711. The summed E-state index contributed by atoms with van der Waals surface area (Å²) in [5.41, 5.74) is 0.472. The second-order valence-corrected chi connectivity index (χ2v) is 17.6. The number of anilines is 1. The Balaban J connectivity index is 1.33. The van der Waals surface area contributed by atoms with Crippen LogP contribution in [0.5, 0.6) is 0 Å². The molecule has 0 bridgehead atoms. The number of carbonyl (C=O) groups excluding carboxylic acids is 3. The maximum atomic E-state index is 14.7. The first kappa shape index (κ1) is 33.4. The van der Waals surface area contributed by atoms with Crippen LogP contribution in [0, 0.1) is 55.5 Å². The van der Waals surface area contributed by atoms with Crippen LogP contribution >= 0.6 is 0 Å². The van der Waals surface area contributed by atoms with E-state index in [-0.39, 0.29) is 74.3 Å². The van der Waals surface area contributed by atoms with Gasteiger partial charge in [0, 0.05) is 41.5 Å². The first-order valence-corrected chi connectivity index (χ1v) is 17.4. The quantitative estimate of drug-likeness (QED) is 0.244. The summed E-state index contributed by atoms with van der Waals surface area (Å²) in [5.74, 6) is 0.210. The number of fused-ring (bicyclic) bond motifs is 7. The predicted octanol–water partition coefficient (Wildman–Crippen LogP) is 6.94. The molecule has 1 aromatic rings. The van der Waals surface area contributed by atoms with E-state index >= 15 is 0 Å². The third-order valence-corrected chi connectivity index (χ3v) is 14.7. The highest BCUT2D eigenvalue weighted by Crippen LogP contribution is 2.75. The number of ketones is 1. The van der Waals surface area contributed by atoms with E-state index in [1.54, 1.807) is 12.1 Å². The Kier molecular flexibility index (Phi) is 7.78. The van der Waals surface area contributed by atoms with Crippen molar-refractivity contribution in [3.8, 4) is 0 Å². The van der Waals surface area contributed by atoms with Crippen LogP contribution in [0.25, 0.3) is 0 Å². The number of hydrogen-bond acceptors (Lipinski definition) is 6. The highest BCUT2D eigenvalue weighted by molar-refractivity contribution is 5.97. The molecule has 0 heterocycles. The van der Waals surface area contributed by atoms with Crippen LogP contribution in [0.15, 0.2) is 35.9 Å². The third-order valence-electron chi connectivity index (χ3n) is 14.7. The number of nitrogens with one attached hydrogen (secondary N) is 2. The average molecular weight is 635 g/mol. The molecule has 8 nitrogen and oxygen atoms in total. The number of ether oxygens (including phenoxy) is 1. The van der Waals surface area contributed by atoms with Crippen molar-refractivity contribution in [3.63, 3.8) is 0 Å². The van der Waals surface area contributed by atoms with Crippen LogP contribution in [0.1, 0.15) is 113 Å². The molecule has 0 aromatic heterocycles. The molecule has 6 rings (SSSR count). The van der Waals surface area contributed by atoms with Crippen molar-refractivity contribution in [1.82, 2.24) is 0 Å². The van der Waals surface area contributed by atoms with Crippen LogP contribution in [0.4, 0.5) is 11.4 Å². The summed E-state index contributed by atoms with van der Waals surface area (Å²) in [5, 5.41) is 23.0. The second-order valence-electron chi connectivity index (χ2n) is 17.6. The van der Waals surface area contributed by atoms with Gasteiger partial charge >= 0.3 is 5.97 Å². The van der Waals surface area contributed by atoms with E-state index in [0.29, 0.717) is 12.1 Å². The normalized spacial score (nSPS) is 43.5. The summed E-state index contributed by atoms with van der Waals surface area (Å²) in [6.45, 7) is 17.5. The summed E-state index contributed by atoms with van der Waals surface area (Å²) in [6, 6.07) is 6.42. The molecule has 8 heteroatoms. The number of quaternary nitrogens is 1. The molecule has 0 spiro atoms. The van der Waals surface area contributed by atoms with Gasteiger partial charge in [0.1, 0.15) is 6.10 Å². The number of amides is 1. The summed E-state index contributed by atoms with van der Waals surface area (Å²) in [6.07, 6.45) is 9.93. The van der Waals surface area contributed by atoms with Crippen LogP contribution in [-0.4, -0.2) is 29.0 Å². The Bertz CT molecular complexity index is 1480. The lowest BCUT2D eigenvalue weighted by atomic mass is 9.33. The zero-order chi connectivity index (χ0) is 33.7. The van der Waals surface area contributed by atoms with Crippen molar-refractivity contribution in [2.75, 3.05) is 5.32 Å². The van der Waals surface area contributed by atoms with Crippen molar-refractivity contribution >= 4 is 29.0 Å². The largest absolute Gasteiger partial charge is 0.595 e. The second kappa shape index (κ2) is 10.7. The van der Waals surface area contributed by atoms with E-state index in [0.717, 1.165) is 51.4 Å². The van der Waals surface area contributed by atoms with Crippen LogP contribution in [0.3, 0.4) is 0 Å².